The first-order valence-electron chi connectivity index (χ1n) is 11.6. The average Bonchev–Trinajstić information content (AvgIpc) is 3.17. The number of piperidine rings is 1. The van der Waals surface area contributed by atoms with Crippen LogP contribution in [0.15, 0.2) is 54.6 Å². The SMILES string of the molecule is O=C(O)c1ccc(N2CC3(CCN(Cc4cc(Cl)c(-c5ccc(F)cc5F)c(Cl)c4)CC3)OC2=O)cc1. The number of nitrogens with zero attached hydrogens (tertiary/aromatic N) is 2. The number of ether oxygens (including phenoxy) is 1. The van der Waals surface area contributed by atoms with Crippen molar-refractivity contribution in [1.29, 1.82) is 0 Å². The largest absolute Gasteiger partial charge is 0.478 e. The Hall–Kier alpha value is -3.20. The van der Waals surface area contributed by atoms with Crippen LogP contribution in [-0.4, -0.2) is 47.3 Å². The van der Waals surface area contributed by atoms with Crippen molar-refractivity contribution in [3.05, 3.63) is 87.4 Å². The standard InChI is InChI=1S/C27H22Cl2F2N2O4/c28-21-11-16(12-22(29)24(21)20-6-3-18(30)13-23(20)31)14-32-9-7-27(8-10-32)15-33(26(36)37-27)19-4-1-17(2-5-19)25(34)35/h1-6,11-13H,7-10,14-15H2,(H,34,35). The van der Waals surface area contributed by atoms with Crippen molar-refractivity contribution >= 4 is 41.0 Å². The van der Waals surface area contributed by atoms with Crippen LogP contribution in [0.3, 0.4) is 0 Å². The first-order valence-corrected chi connectivity index (χ1v) is 12.4. The van der Waals surface area contributed by atoms with E-state index in [0.717, 1.165) is 17.7 Å². The van der Waals surface area contributed by atoms with E-state index in [9.17, 15) is 18.4 Å². The highest BCUT2D eigenvalue weighted by molar-refractivity contribution is 6.39. The van der Waals surface area contributed by atoms with Gasteiger partial charge in [-0.05, 0) is 54.1 Å². The van der Waals surface area contributed by atoms with E-state index in [4.69, 9.17) is 33.0 Å². The molecule has 10 heteroatoms. The zero-order chi connectivity index (χ0) is 26.3. The second-order valence-corrected chi connectivity index (χ2v) is 10.1. The van der Waals surface area contributed by atoms with E-state index in [1.165, 1.54) is 23.1 Å². The normalized spacial score (nSPS) is 17.3. The Morgan fingerprint density at radius 2 is 1.65 bits per heavy atom. The van der Waals surface area contributed by atoms with Gasteiger partial charge in [0, 0.05) is 55.4 Å². The maximum Gasteiger partial charge on any atom is 0.415 e. The molecule has 0 aliphatic carbocycles. The van der Waals surface area contributed by atoms with Crippen LogP contribution in [0.4, 0.5) is 19.3 Å². The van der Waals surface area contributed by atoms with E-state index in [0.29, 0.717) is 50.3 Å². The quantitative estimate of drug-likeness (QED) is 0.389. The van der Waals surface area contributed by atoms with Gasteiger partial charge in [0.2, 0.25) is 0 Å². The summed E-state index contributed by atoms with van der Waals surface area (Å²) in [5, 5.41) is 9.63. The van der Waals surface area contributed by atoms with Crippen molar-refractivity contribution in [1.82, 2.24) is 4.90 Å². The number of carbonyl (C=O) groups is 2. The molecule has 192 valence electrons. The first-order chi connectivity index (χ1) is 17.6. The molecule has 0 bridgehead atoms. The lowest BCUT2D eigenvalue weighted by Crippen LogP contribution is -2.46. The van der Waals surface area contributed by atoms with Gasteiger partial charge in [-0.1, -0.05) is 23.2 Å². The summed E-state index contributed by atoms with van der Waals surface area (Å²) in [7, 11) is 0. The molecule has 1 N–H and O–H groups in total. The highest BCUT2D eigenvalue weighted by Gasteiger charge is 2.47. The zero-order valence-electron chi connectivity index (χ0n) is 19.5. The highest BCUT2D eigenvalue weighted by Crippen LogP contribution is 2.39. The van der Waals surface area contributed by atoms with Gasteiger partial charge in [0.25, 0.3) is 0 Å². The Bertz CT molecular complexity index is 1350. The van der Waals surface area contributed by atoms with Gasteiger partial charge in [-0.15, -0.1) is 0 Å². The Morgan fingerprint density at radius 3 is 2.24 bits per heavy atom. The molecule has 0 atom stereocenters. The summed E-state index contributed by atoms with van der Waals surface area (Å²) in [5.41, 5.74) is 1.43. The topological polar surface area (TPSA) is 70.1 Å². The molecule has 37 heavy (non-hydrogen) atoms. The molecule has 1 amide bonds. The van der Waals surface area contributed by atoms with Crippen LogP contribution in [0.2, 0.25) is 10.0 Å². The molecule has 0 saturated carbocycles. The summed E-state index contributed by atoms with van der Waals surface area (Å²) in [5.74, 6) is -2.45. The molecule has 2 aliphatic heterocycles. The number of carboxylic acid groups (broad SMARTS) is 1. The Balaban J connectivity index is 1.24. The molecule has 3 aromatic rings. The van der Waals surface area contributed by atoms with Crippen molar-refractivity contribution in [2.24, 2.45) is 0 Å². The van der Waals surface area contributed by atoms with Gasteiger partial charge >= 0.3 is 12.1 Å². The predicted octanol–water partition coefficient (Wildman–Crippen LogP) is 6.63. The van der Waals surface area contributed by atoms with E-state index in [2.05, 4.69) is 4.90 Å². The third kappa shape index (κ3) is 5.14. The maximum atomic E-state index is 14.3. The minimum atomic E-state index is -1.03. The van der Waals surface area contributed by atoms with Gasteiger partial charge in [-0.25, -0.2) is 18.4 Å². The molecule has 3 aromatic carbocycles. The van der Waals surface area contributed by atoms with E-state index in [1.807, 2.05) is 0 Å². The average molecular weight is 547 g/mol. The molecular weight excluding hydrogens is 525 g/mol. The Labute approximate surface area is 222 Å². The number of rotatable bonds is 5. The van der Waals surface area contributed by atoms with Gasteiger partial charge in [0.15, 0.2) is 0 Å². The molecule has 2 heterocycles. The van der Waals surface area contributed by atoms with Gasteiger partial charge in [-0.3, -0.25) is 9.80 Å². The van der Waals surface area contributed by atoms with Gasteiger partial charge < -0.3 is 9.84 Å². The second kappa shape index (κ2) is 9.93. The number of hydrogen-bond acceptors (Lipinski definition) is 4. The van der Waals surface area contributed by atoms with Crippen LogP contribution in [0, 0.1) is 11.6 Å². The van der Waals surface area contributed by atoms with Gasteiger partial charge in [0.1, 0.15) is 17.2 Å². The molecule has 6 nitrogen and oxygen atoms in total. The number of anilines is 1. The fourth-order valence-corrected chi connectivity index (χ4v) is 5.65. The second-order valence-electron chi connectivity index (χ2n) is 9.32. The van der Waals surface area contributed by atoms with Gasteiger partial charge in [-0.2, -0.15) is 0 Å². The number of carbonyl (C=O) groups excluding carboxylic acids is 1. The van der Waals surface area contributed by atoms with E-state index in [-0.39, 0.29) is 21.2 Å². The summed E-state index contributed by atoms with van der Waals surface area (Å²) in [4.78, 5) is 27.4. The van der Waals surface area contributed by atoms with Crippen LogP contribution >= 0.6 is 23.2 Å². The minimum Gasteiger partial charge on any atom is -0.478 e. The van der Waals surface area contributed by atoms with E-state index >= 15 is 0 Å². The summed E-state index contributed by atoms with van der Waals surface area (Å²) >= 11 is 12.9. The number of likely N-dealkylation sites (tertiary alicyclic amines) is 1. The molecule has 5 rings (SSSR count). The zero-order valence-corrected chi connectivity index (χ0v) is 21.0. The van der Waals surface area contributed by atoms with Crippen LogP contribution in [0.25, 0.3) is 11.1 Å². The van der Waals surface area contributed by atoms with Crippen molar-refractivity contribution in [2.75, 3.05) is 24.5 Å². The molecule has 0 aromatic heterocycles. The molecular formula is C27H22Cl2F2N2O4. The smallest absolute Gasteiger partial charge is 0.415 e. The van der Waals surface area contributed by atoms with Crippen molar-refractivity contribution < 1.29 is 28.2 Å². The van der Waals surface area contributed by atoms with E-state index < -0.39 is 29.3 Å². The fourth-order valence-electron chi connectivity index (χ4n) is 4.91. The number of hydrogen-bond donors (Lipinski definition) is 1. The maximum absolute atomic E-state index is 14.3. The summed E-state index contributed by atoms with van der Waals surface area (Å²) in [6, 6.07) is 12.9. The molecule has 0 unspecified atom stereocenters. The third-order valence-corrected chi connectivity index (χ3v) is 7.47. The van der Waals surface area contributed by atoms with E-state index in [1.54, 1.807) is 24.3 Å². The summed E-state index contributed by atoms with van der Waals surface area (Å²) in [6.45, 7) is 2.28. The number of carboxylic acids is 1. The molecule has 2 fully saturated rings. The lowest BCUT2D eigenvalue weighted by Gasteiger charge is -2.37. The van der Waals surface area contributed by atoms with Crippen LogP contribution < -0.4 is 4.90 Å². The lowest BCUT2D eigenvalue weighted by atomic mass is 9.91. The first kappa shape index (κ1) is 25.4. The summed E-state index contributed by atoms with van der Waals surface area (Å²) < 4.78 is 33.4. The van der Waals surface area contributed by atoms with Crippen LogP contribution in [-0.2, 0) is 11.3 Å². The minimum absolute atomic E-state index is 0.132. The monoisotopic (exact) mass is 546 g/mol. The molecule has 2 saturated heterocycles. The number of amides is 1. The Kier molecular flexibility index (Phi) is 6.83. The lowest BCUT2D eigenvalue weighted by molar-refractivity contribution is -0.000979. The molecule has 0 radical (unpaired) electrons. The van der Waals surface area contributed by atoms with Crippen LogP contribution in [0.1, 0.15) is 28.8 Å². The number of benzene rings is 3. The third-order valence-electron chi connectivity index (χ3n) is 6.87. The number of aromatic carboxylic acids is 1. The van der Waals surface area contributed by atoms with Crippen molar-refractivity contribution in [2.45, 2.75) is 25.0 Å². The van der Waals surface area contributed by atoms with Crippen LogP contribution in [0.5, 0.6) is 0 Å². The molecule has 2 aliphatic rings. The highest BCUT2D eigenvalue weighted by atomic mass is 35.5. The van der Waals surface area contributed by atoms with Crippen molar-refractivity contribution in [3.63, 3.8) is 0 Å². The predicted molar refractivity (Wildman–Crippen MR) is 136 cm³/mol. The summed E-state index contributed by atoms with van der Waals surface area (Å²) in [6.07, 6.45) is 0.810. The fraction of sp³-hybridized carbons (Fsp3) is 0.259. The Morgan fingerprint density at radius 1 is 1.00 bits per heavy atom. The molecule has 1 spiro atoms. The van der Waals surface area contributed by atoms with Gasteiger partial charge in [0.05, 0.1) is 22.2 Å². The van der Waals surface area contributed by atoms with Crippen molar-refractivity contribution in [3.8, 4) is 11.1 Å². The number of halogens is 4.